The number of amides is 1. The van der Waals surface area contributed by atoms with Crippen molar-refractivity contribution < 1.29 is 18.0 Å². The maximum atomic E-state index is 12.9. The van der Waals surface area contributed by atoms with E-state index in [1.54, 1.807) is 37.4 Å². The third kappa shape index (κ3) is 7.85. The third-order valence-corrected chi connectivity index (χ3v) is 4.57. The normalized spacial score (nSPS) is 12.6. The summed E-state index contributed by atoms with van der Waals surface area (Å²) in [5, 5.41) is 6.31. The van der Waals surface area contributed by atoms with Crippen LogP contribution in [0.4, 0.5) is 13.2 Å². The van der Waals surface area contributed by atoms with Crippen LogP contribution in [0.5, 0.6) is 0 Å². The minimum absolute atomic E-state index is 0. The van der Waals surface area contributed by atoms with Gasteiger partial charge in [0.1, 0.15) is 0 Å². The van der Waals surface area contributed by atoms with Gasteiger partial charge >= 0.3 is 6.18 Å². The minimum atomic E-state index is -4.34. The average molecular weight is 534 g/mol. The van der Waals surface area contributed by atoms with E-state index in [0.29, 0.717) is 36.6 Å². The van der Waals surface area contributed by atoms with E-state index < -0.39 is 17.6 Å². The second kappa shape index (κ2) is 11.8. The summed E-state index contributed by atoms with van der Waals surface area (Å²) in [6.45, 7) is 2.95. The lowest BCUT2D eigenvalue weighted by molar-refractivity contribution is -0.137. The Balaban J connectivity index is 0.00000450. The Morgan fingerprint density at radius 1 is 1.13 bits per heavy atom. The highest BCUT2D eigenvalue weighted by Gasteiger charge is 2.30. The lowest BCUT2D eigenvalue weighted by Gasteiger charge is -2.16. The molecule has 5 nitrogen and oxygen atoms in total. The molecule has 0 saturated heterocycles. The van der Waals surface area contributed by atoms with E-state index in [4.69, 9.17) is 5.73 Å². The van der Waals surface area contributed by atoms with Crippen molar-refractivity contribution in [3.05, 3.63) is 70.8 Å². The van der Waals surface area contributed by atoms with Crippen LogP contribution in [0, 0.1) is 0 Å². The molecule has 1 amide bonds. The molecule has 0 spiro atoms. The highest BCUT2D eigenvalue weighted by Crippen LogP contribution is 2.31. The number of hydrogen-bond donors (Lipinski definition) is 3. The van der Waals surface area contributed by atoms with Crippen LogP contribution in [0.3, 0.4) is 0 Å². The van der Waals surface area contributed by atoms with Crippen molar-refractivity contribution in [1.29, 1.82) is 0 Å². The molecule has 9 heteroatoms. The molecule has 4 N–H and O–H groups in total. The predicted octanol–water partition coefficient (Wildman–Crippen LogP) is 4.28. The summed E-state index contributed by atoms with van der Waals surface area (Å²) in [6.07, 6.45) is -3.69. The first-order valence-corrected chi connectivity index (χ1v) is 9.21. The van der Waals surface area contributed by atoms with Crippen LogP contribution in [0.15, 0.2) is 53.5 Å². The van der Waals surface area contributed by atoms with Gasteiger partial charge in [0.15, 0.2) is 5.96 Å². The van der Waals surface area contributed by atoms with Gasteiger partial charge in [-0.2, -0.15) is 13.2 Å². The van der Waals surface area contributed by atoms with E-state index in [-0.39, 0.29) is 29.9 Å². The van der Waals surface area contributed by atoms with Gasteiger partial charge in [0.25, 0.3) is 0 Å². The maximum absolute atomic E-state index is 12.9. The van der Waals surface area contributed by atoms with Gasteiger partial charge in [-0.05, 0) is 41.7 Å². The van der Waals surface area contributed by atoms with Crippen molar-refractivity contribution in [2.75, 3.05) is 13.6 Å². The van der Waals surface area contributed by atoms with Gasteiger partial charge in [-0.1, -0.05) is 37.3 Å². The number of benzene rings is 2. The molecule has 2 rings (SSSR count). The molecule has 0 bridgehead atoms. The van der Waals surface area contributed by atoms with Gasteiger partial charge in [0, 0.05) is 25.7 Å². The van der Waals surface area contributed by atoms with Gasteiger partial charge in [0.05, 0.1) is 5.56 Å². The van der Waals surface area contributed by atoms with Crippen LogP contribution in [0.1, 0.15) is 46.3 Å². The van der Waals surface area contributed by atoms with E-state index in [9.17, 15) is 18.0 Å². The van der Waals surface area contributed by atoms with Gasteiger partial charge in [-0.3, -0.25) is 9.79 Å². The minimum Gasteiger partial charge on any atom is -0.366 e. The number of primary amides is 1. The second-order valence-corrected chi connectivity index (χ2v) is 6.73. The van der Waals surface area contributed by atoms with E-state index >= 15 is 0 Å². The lowest BCUT2D eigenvalue weighted by atomic mass is 9.96. The summed E-state index contributed by atoms with van der Waals surface area (Å²) in [5.41, 5.74) is 6.64. The van der Waals surface area contributed by atoms with Crippen molar-refractivity contribution >= 4 is 35.8 Å². The molecule has 164 valence electrons. The monoisotopic (exact) mass is 534 g/mol. The van der Waals surface area contributed by atoms with Crippen LogP contribution in [0.25, 0.3) is 0 Å². The Kier molecular flexibility index (Phi) is 10.1. The van der Waals surface area contributed by atoms with Gasteiger partial charge in [0.2, 0.25) is 5.91 Å². The van der Waals surface area contributed by atoms with Crippen LogP contribution in [-0.2, 0) is 12.7 Å². The molecule has 0 aliphatic heterocycles. The summed E-state index contributed by atoms with van der Waals surface area (Å²) in [6, 6.07) is 12.4. The van der Waals surface area contributed by atoms with Crippen molar-refractivity contribution in [1.82, 2.24) is 10.6 Å². The molecule has 2 aromatic rings. The molecule has 2 aromatic carbocycles. The Morgan fingerprint density at radius 3 is 2.37 bits per heavy atom. The van der Waals surface area contributed by atoms with E-state index in [2.05, 4.69) is 15.6 Å². The fourth-order valence-electron chi connectivity index (χ4n) is 2.79. The quantitative estimate of drug-likeness (QED) is 0.282. The number of nitrogens with one attached hydrogen (secondary N) is 2. The molecule has 0 heterocycles. The first kappa shape index (κ1) is 25.7. The molecule has 0 aliphatic rings. The Morgan fingerprint density at radius 2 is 1.80 bits per heavy atom. The third-order valence-electron chi connectivity index (χ3n) is 4.57. The number of carbonyl (C=O) groups excluding carboxylic acids is 1. The smallest absolute Gasteiger partial charge is 0.366 e. The summed E-state index contributed by atoms with van der Waals surface area (Å²) >= 11 is 0. The number of carbonyl (C=O) groups is 1. The number of nitrogens with zero attached hydrogens (tertiary/aromatic N) is 1. The fourth-order valence-corrected chi connectivity index (χ4v) is 2.79. The van der Waals surface area contributed by atoms with Crippen LogP contribution >= 0.6 is 24.0 Å². The summed E-state index contributed by atoms with van der Waals surface area (Å²) in [4.78, 5) is 15.2. The van der Waals surface area contributed by atoms with E-state index in [1.807, 2.05) is 6.92 Å². The SMILES string of the molecule is CN=C(NCCC(C)c1cccc(C(F)(F)F)c1)NCc1ccc(C(N)=O)cc1.I. The predicted molar refractivity (Wildman–Crippen MR) is 123 cm³/mol. The highest BCUT2D eigenvalue weighted by molar-refractivity contribution is 14.0. The van der Waals surface area contributed by atoms with Crippen molar-refractivity contribution in [3.63, 3.8) is 0 Å². The van der Waals surface area contributed by atoms with Crippen LogP contribution < -0.4 is 16.4 Å². The number of rotatable bonds is 7. The molecule has 1 unspecified atom stereocenters. The molecule has 0 aromatic heterocycles. The molecular weight excluding hydrogens is 508 g/mol. The highest BCUT2D eigenvalue weighted by atomic mass is 127. The fraction of sp³-hybridized carbons (Fsp3) is 0.333. The zero-order valence-electron chi connectivity index (χ0n) is 16.8. The standard InChI is InChI=1S/C21H25F3N4O.HI/c1-14(17-4-3-5-18(12-17)21(22,23)24)10-11-27-20(26-2)28-13-15-6-8-16(9-7-15)19(25)29;/h3-9,12,14H,10-11,13H2,1-2H3,(H2,25,29)(H2,26,27,28);1H. The number of nitrogens with two attached hydrogens (primary N) is 1. The zero-order chi connectivity index (χ0) is 21.4. The van der Waals surface area contributed by atoms with Crippen molar-refractivity contribution in [2.45, 2.75) is 32.0 Å². The first-order chi connectivity index (χ1) is 13.7. The average Bonchev–Trinajstić information content (AvgIpc) is 2.70. The largest absolute Gasteiger partial charge is 0.416 e. The van der Waals surface area contributed by atoms with Crippen molar-refractivity contribution in [3.8, 4) is 0 Å². The van der Waals surface area contributed by atoms with Gasteiger partial charge in [-0.15, -0.1) is 24.0 Å². The Bertz CT molecular complexity index is 854. The number of aliphatic imine (C=N–C) groups is 1. The second-order valence-electron chi connectivity index (χ2n) is 6.73. The van der Waals surface area contributed by atoms with Crippen molar-refractivity contribution in [2.24, 2.45) is 10.7 Å². The maximum Gasteiger partial charge on any atom is 0.416 e. The Hall–Kier alpha value is -2.30. The molecule has 0 aliphatic carbocycles. The molecular formula is C21H26F3IN4O. The molecule has 0 radical (unpaired) electrons. The number of guanidine groups is 1. The molecule has 30 heavy (non-hydrogen) atoms. The van der Waals surface area contributed by atoms with Crippen LogP contribution in [-0.4, -0.2) is 25.5 Å². The molecule has 1 atom stereocenters. The van der Waals surface area contributed by atoms with Gasteiger partial charge in [-0.25, -0.2) is 0 Å². The zero-order valence-corrected chi connectivity index (χ0v) is 19.1. The Labute approximate surface area is 191 Å². The van der Waals surface area contributed by atoms with Gasteiger partial charge < -0.3 is 16.4 Å². The molecule has 0 saturated carbocycles. The summed E-state index contributed by atoms with van der Waals surface area (Å²) in [5.74, 6) is 0.0707. The summed E-state index contributed by atoms with van der Waals surface area (Å²) in [7, 11) is 1.64. The number of hydrogen-bond acceptors (Lipinski definition) is 2. The summed E-state index contributed by atoms with van der Waals surface area (Å²) < 4.78 is 38.6. The van der Waals surface area contributed by atoms with Crippen LogP contribution in [0.2, 0.25) is 0 Å². The first-order valence-electron chi connectivity index (χ1n) is 9.21. The van der Waals surface area contributed by atoms with E-state index in [1.165, 1.54) is 12.1 Å². The number of halogens is 4. The lowest BCUT2D eigenvalue weighted by Crippen LogP contribution is -2.37. The topological polar surface area (TPSA) is 79.5 Å². The number of alkyl halides is 3. The van der Waals surface area contributed by atoms with E-state index in [0.717, 1.165) is 11.6 Å². The molecule has 0 fully saturated rings.